The highest BCUT2D eigenvalue weighted by Crippen LogP contribution is 2.33. The van der Waals surface area contributed by atoms with Crippen molar-refractivity contribution in [3.05, 3.63) is 22.9 Å². The van der Waals surface area contributed by atoms with Gasteiger partial charge in [-0.05, 0) is 18.1 Å². The summed E-state index contributed by atoms with van der Waals surface area (Å²) in [7, 11) is 1.25. The Morgan fingerprint density at radius 2 is 2.21 bits per heavy atom. The maximum atomic E-state index is 13.0. The van der Waals surface area contributed by atoms with Gasteiger partial charge in [0.2, 0.25) is 5.88 Å². The number of hydrogen-bond donors (Lipinski definition) is 0. The molecule has 1 aromatic heterocycles. The molecule has 1 heterocycles. The number of aromatic nitrogens is 1. The molecular weight excluding hydrogens is 280 g/mol. The average molecular weight is 294 g/mol. The van der Waals surface area contributed by atoms with Gasteiger partial charge in [0.15, 0.2) is 0 Å². The van der Waals surface area contributed by atoms with E-state index in [1.54, 1.807) is 6.92 Å². The standard InChI is InChI=1S/C12H14ClF2NO3/c1-3-19-9(17)4-7-6-16-12(18-2)10(11(14)15)8(7)5-13/h6,11H,3-5H2,1-2H3. The molecule has 0 aliphatic rings. The molecule has 0 atom stereocenters. The Kier molecular flexibility index (Phi) is 5.95. The lowest BCUT2D eigenvalue weighted by Gasteiger charge is -2.14. The molecule has 1 rings (SSSR count). The second-order valence-corrected chi connectivity index (χ2v) is 3.87. The van der Waals surface area contributed by atoms with E-state index in [4.69, 9.17) is 21.1 Å². The molecule has 0 N–H and O–H groups in total. The fraction of sp³-hybridized carbons (Fsp3) is 0.500. The van der Waals surface area contributed by atoms with Crippen LogP contribution in [0.25, 0.3) is 0 Å². The van der Waals surface area contributed by atoms with E-state index in [9.17, 15) is 13.6 Å². The maximum Gasteiger partial charge on any atom is 0.310 e. The summed E-state index contributed by atoms with van der Waals surface area (Å²) in [5.41, 5.74) is 0.111. The van der Waals surface area contributed by atoms with Gasteiger partial charge in [0.05, 0.1) is 25.7 Å². The number of esters is 1. The van der Waals surface area contributed by atoms with Crippen molar-refractivity contribution >= 4 is 17.6 Å². The fourth-order valence-electron chi connectivity index (χ4n) is 1.65. The molecule has 0 amide bonds. The van der Waals surface area contributed by atoms with Crippen molar-refractivity contribution < 1.29 is 23.0 Å². The van der Waals surface area contributed by atoms with Crippen LogP contribution in [-0.4, -0.2) is 24.7 Å². The molecule has 19 heavy (non-hydrogen) atoms. The molecule has 0 spiro atoms. The molecule has 0 unspecified atom stereocenters. The number of hydrogen-bond acceptors (Lipinski definition) is 4. The summed E-state index contributed by atoms with van der Waals surface area (Å²) in [6.45, 7) is 1.89. The van der Waals surface area contributed by atoms with Crippen molar-refractivity contribution in [2.75, 3.05) is 13.7 Å². The van der Waals surface area contributed by atoms with E-state index in [1.165, 1.54) is 13.3 Å². The monoisotopic (exact) mass is 293 g/mol. The van der Waals surface area contributed by atoms with Gasteiger partial charge in [-0.3, -0.25) is 4.79 Å². The molecule has 106 valence electrons. The molecule has 0 saturated carbocycles. The second kappa shape index (κ2) is 7.23. The van der Waals surface area contributed by atoms with E-state index < -0.39 is 12.4 Å². The van der Waals surface area contributed by atoms with Gasteiger partial charge in [0.1, 0.15) is 0 Å². The molecule has 1 aromatic rings. The van der Waals surface area contributed by atoms with Crippen LogP contribution in [0.4, 0.5) is 8.78 Å². The van der Waals surface area contributed by atoms with Gasteiger partial charge >= 0.3 is 5.97 Å². The van der Waals surface area contributed by atoms with E-state index in [2.05, 4.69) is 4.98 Å². The SMILES string of the molecule is CCOC(=O)Cc1cnc(OC)c(C(F)F)c1CCl. The van der Waals surface area contributed by atoms with Crippen LogP contribution >= 0.6 is 11.6 Å². The highest BCUT2D eigenvalue weighted by atomic mass is 35.5. The number of nitrogens with zero attached hydrogens (tertiary/aromatic N) is 1. The van der Waals surface area contributed by atoms with E-state index in [0.717, 1.165) is 0 Å². The number of alkyl halides is 3. The summed E-state index contributed by atoms with van der Waals surface area (Å²) in [4.78, 5) is 15.2. The number of pyridine rings is 1. The minimum absolute atomic E-state index is 0.146. The second-order valence-electron chi connectivity index (χ2n) is 3.60. The van der Waals surface area contributed by atoms with Gasteiger partial charge < -0.3 is 9.47 Å². The first kappa shape index (κ1) is 15.6. The first-order valence-corrected chi connectivity index (χ1v) is 6.12. The van der Waals surface area contributed by atoms with Crippen molar-refractivity contribution in [3.63, 3.8) is 0 Å². The smallest absolute Gasteiger partial charge is 0.310 e. The van der Waals surface area contributed by atoms with Crippen LogP contribution in [0.3, 0.4) is 0 Å². The molecule has 0 fully saturated rings. The molecule has 0 aliphatic carbocycles. The Balaban J connectivity index is 3.19. The Labute approximate surface area is 114 Å². The number of rotatable bonds is 6. The minimum Gasteiger partial charge on any atom is -0.481 e. The van der Waals surface area contributed by atoms with Gasteiger partial charge in [-0.25, -0.2) is 13.8 Å². The van der Waals surface area contributed by atoms with Crippen LogP contribution < -0.4 is 4.74 Å². The summed E-state index contributed by atoms with van der Waals surface area (Å²) in [5.74, 6) is -0.855. The lowest BCUT2D eigenvalue weighted by Crippen LogP contribution is -2.12. The van der Waals surface area contributed by atoms with Crippen LogP contribution in [-0.2, 0) is 21.8 Å². The topological polar surface area (TPSA) is 48.4 Å². The summed E-state index contributed by atoms with van der Waals surface area (Å²) in [6.07, 6.45) is -1.62. The molecular formula is C12H14ClF2NO3. The molecule has 0 aromatic carbocycles. The van der Waals surface area contributed by atoms with Crippen LogP contribution in [0.5, 0.6) is 5.88 Å². The quantitative estimate of drug-likeness (QED) is 0.598. The number of ether oxygens (including phenoxy) is 2. The number of methoxy groups -OCH3 is 1. The normalized spacial score (nSPS) is 10.6. The van der Waals surface area contributed by atoms with E-state index >= 15 is 0 Å². The highest BCUT2D eigenvalue weighted by Gasteiger charge is 2.23. The maximum absolute atomic E-state index is 13.0. The lowest BCUT2D eigenvalue weighted by molar-refractivity contribution is -0.142. The first-order valence-electron chi connectivity index (χ1n) is 5.59. The van der Waals surface area contributed by atoms with Crippen molar-refractivity contribution in [1.82, 2.24) is 4.98 Å². The highest BCUT2D eigenvalue weighted by molar-refractivity contribution is 6.17. The van der Waals surface area contributed by atoms with E-state index in [-0.39, 0.29) is 35.9 Å². The third kappa shape index (κ3) is 3.76. The zero-order chi connectivity index (χ0) is 14.4. The Morgan fingerprint density at radius 3 is 2.68 bits per heavy atom. The fourth-order valence-corrected chi connectivity index (χ4v) is 1.97. The summed E-state index contributed by atoms with van der Waals surface area (Å²) < 4.78 is 35.6. The molecule has 0 bridgehead atoms. The van der Waals surface area contributed by atoms with Gasteiger partial charge in [-0.2, -0.15) is 0 Å². The van der Waals surface area contributed by atoms with Gasteiger partial charge in [0, 0.05) is 12.1 Å². The van der Waals surface area contributed by atoms with Gasteiger partial charge in [0.25, 0.3) is 6.43 Å². The van der Waals surface area contributed by atoms with Crippen molar-refractivity contribution in [1.29, 1.82) is 0 Å². The zero-order valence-electron chi connectivity index (χ0n) is 10.6. The number of halogens is 3. The lowest BCUT2D eigenvalue weighted by atomic mass is 10.0. The Hall–Kier alpha value is -1.43. The molecule has 0 aliphatic heterocycles. The largest absolute Gasteiger partial charge is 0.481 e. The predicted octanol–water partition coefficient (Wildman–Crippen LogP) is 2.87. The third-order valence-corrected chi connectivity index (χ3v) is 2.73. The van der Waals surface area contributed by atoms with E-state index in [1.807, 2.05) is 0 Å². The van der Waals surface area contributed by atoms with E-state index in [0.29, 0.717) is 5.56 Å². The Bertz CT molecular complexity index is 455. The van der Waals surface area contributed by atoms with Gasteiger partial charge in [-0.15, -0.1) is 11.6 Å². The Morgan fingerprint density at radius 1 is 1.53 bits per heavy atom. The number of carbonyl (C=O) groups is 1. The van der Waals surface area contributed by atoms with Crippen LogP contribution in [0, 0.1) is 0 Å². The minimum atomic E-state index is -2.78. The van der Waals surface area contributed by atoms with Crippen LogP contribution in [0.1, 0.15) is 30.0 Å². The summed E-state index contributed by atoms with van der Waals surface area (Å²) >= 11 is 5.70. The first-order chi connectivity index (χ1) is 9.04. The molecule has 0 radical (unpaired) electrons. The summed E-state index contributed by atoms with van der Waals surface area (Å²) in [5, 5.41) is 0. The molecule has 7 heteroatoms. The molecule has 0 saturated heterocycles. The third-order valence-electron chi connectivity index (χ3n) is 2.47. The van der Waals surface area contributed by atoms with Gasteiger partial charge in [-0.1, -0.05) is 0 Å². The predicted molar refractivity (Wildman–Crippen MR) is 65.6 cm³/mol. The van der Waals surface area contributed by atoms with Crippen molar-refractivity contribution in [2.45, 2.75) is 25.7 Å². The number of carbonyl (C=O) groups excluding carboxylic acids is 1. The van der Waals surface area contributed by atoms with Crippen LogP contribution in [0.15, 0.2) is 6.20 Å². The van der Waals surface area contributed by atoms with Crippen LogP contribution in [0.2, 0.25) is 0 Å². The molecule has 4 nitrogen and oxygen atoms in total. The van der Waals surface area contributed by atoms with Crippen molar-refractivity contribution in [2.24, 2.45) is 0 Å². The van der Waals surface area contributed by atoms with Crippen molar-refractivity contribution in [3.8, 4) is 5.88 Å². The summed E-state index contributed by atoms with van der Waals surface area (Å²) in [6, 6.07) is 0. The zero-order valence-corrected chi connectivity index (χ0v) is 11.3. The average Bonchev–Trinajstić information content (AvgIpc) is 2.38.